The lowest BCUT2D eigenvalue weighted by Gasteiger charge is -2.09. The molecule has 0 unspecified atom stereocenters. The Kier molecular flexibility index (Phi) is 6.01. The van der Waals surface area contributed by atoms with Crippen LogP contribution in [0.1, 0.15) is 23.1 Å². The maximum absolute atomic E-state index is 11.8. The second-order valence-corrected chi connectivity index (χ2v) is 5.50. The van der Waals surface area contributed by atoms with E-state index in [0.717, 1.165) is 24.2 Å². The molecule has 0 aromatic heterocycles. The Hall–Kier alpha value is -2.29. The van der Waals surface area contributed by atoms with Gasteiger partial charge in [0.2, 0.25) is 0 Å². The van der Waals surface area contributed by atoms with Crippen LogP contribution < -0.4 is 10.1 Å². The molecule has 0 spiro atoms. The highest BCUT2D eigenvalue weighted by Crippen LogP contribution is 2.15. The molecule has 3 heteroatoms. The third-order valence-corrected chi connectivity index (χ3v) is 3.50. The van der Waals surface area contributed by atoms with E-state index in [2.05, 4.69) is 36.5 Å². The Balaban J connectivity index is 1.65. The largest absolute Gasteiger partial charge is 0.484 e. The zero-order valence-corrected chi connectivity index (χ0v) is 13.3. The van der Waals surface area contributed by atoms with Crippen molar-refractivity contribution in [2.45, 2.75) is 26.7 Å². The molecule has 0 atom stereocenters. The number of ether oxygens (including phenoxy) is 1. The topological polar surface area (TPSA) is 38.3 Å². The van der Waals surface area contributed by atoms with Gasteiger partial charge in [-0.05, 0) is 43.9 Å². The summed E-state index contributed by atoms with van der Waals surface area (Å²) in [4.78, 5) is 11.8. The minimum Gasteiger partial charge on any atom is -0.484 e. The minimum atomic E-state index is -0.0764. The first kappa shape index (κ1) is 16.1. The summed E-state index contributed by atoms with van der Waals surface area (Å²) in [5.74, 6) is 0.685. The minimum absolute atomic E-state index is 0.0648. The molecule has 0 saturated heterocycles. The van der Waals surface area contributed by atoms with E-state index in [1.807, 2.05) is 31.2 Å². The van der Waals surface area contributed by atoms with Crippen molar-refractivity contribution in [3.8, 4) is 5.75 Å². The number of amides is 1. The van der Waals surface area contributed by atoms with Crippen LogP contribution in [0.15, 0.2) is 48.5 Å². The summed E-state index contributed by atoms with van der Waals surface area (Å²) in [5.41, 5.74) is 3.62. The van der Waals surface area contributed by atoms with Crippen molar-refractivity contribution in [3.63, 3.8) is 0 Å². The fourth-order valence-electron chi connectivity index (χ4n) is 2.30. The van der Waals surface area contributed by atoms with Crippen LogP contribution in [0.25, 0.3) is 0 Å². The number of aryl methyl sites for hydroxylation is 3. The van der Waals surface area contributed by atoms with Crippen molar-refractivity contribution in [3.05, 3.63) is 65.2 Å². The van der Waals surface area contributed by atoms with Crippen molar-refractivity contribution < 1.29 is 9.53 Å². The van der Waals surface area contributed by atoms with Gasteiger partial charge >= 0.3 is 0 Å². The molecular formula is C19H23NO2. The summed E-state index contributed by atoms with van der Waals surface area (Å²) < 4.78 is 5.52. The van der Waals surface area contributed by atoms with Gasteiger partial charge in [0.05, 0.1) is 0 Å². The lowest BCUT2D eigenvalue weighted by molar-refractivity contribution is -0.123. The fourth-order valence-corrected chi connectivity index (χ4v) is 2.30. The van der Waals surface area contributed by atoms with Gasteiger partial charge in [-0.1, -0.05) is 48.0 Å². The number of carbonyl (C=O) groups excluding carboxylic acids is 1. The fraction of sp³-hybridized carbons (Fsp3) is 0.316. The number of hydrogen-bond donors (Lipinski definition) is 1. The van der Waals surface area contributed by atoms with Crippen LogP contribution in [0, 0.1) is 13.8 Å². The van der Waals surface area contributed by atoms with Crippen molar-refractivity contribution in [1.82, 2.24) is 5.32 Å². The number of rotatable bonds is 7. The van der Waals surface area contributed by atoms with Gasteiger partial charge < -0.3 is 10.1 Å². The van der Waals surface area contributed by atoms with E-state index in [9.17, 15) is 4.79 Å². The van der Waals surface area contributed by atoms with Crippen molar-refractivity contribution in [1.29, 1.82) is 0 Å². The van der Waals surface area contributed by atoms with Gasteiger partial charge in [-0.15, -0.1) is 0 Å². The molecular weight excluding hydrogens is 274 g/mol. The monoisotopic (exact) mass is 297 g/mol. The van der Waals surface area contributed by atoms with Gasteiger partial charge in [-0.3, -0.25) is 4.79 Å². The molecule has 0 fully saturated rings. The summed E-state index contributed by atoms with van der Waals surface area (Å²) in [6, 6.07) is 16.2. The third kappa shape index (κ3) is 5.24. The summed E-state index contributed by atoms with van der Waals surface area (Å²) in [6.07, 6.45) is 1.90. The van der Waals surface area contributed by atoms with E-state index in [1.54, 1.807) is 0 Å². The number of hydrogen-bond acceptors (Lipinski definition) is 2. The van der Waals surface area contributed by atoms with Gasteiger partial charge in [-0.25, -0.2) is 0 Å². The first-order valence-corrected chi connectivity index (χ1v) is 7.66. The molecule has 2 aromatic carbocycles. The average Bonchev–Trinajstić information content (AvgIpc) is 2.51. The third-order valence-electron chi connectivity index (χ3n) is 3.50. The van der Waals surface area contributed by atoms with Crippen LogP contribution in [0.3, 0.4) is 0 Å². The first-order chi connectivity index (χ1) is 10.6. The molecule has 0 aliphatic heterocycles. The molecule has 0 saturated carbocycles. The highest BCUT2D eigenvalue weighted by atomic mass is 16.5. The van der Waals surface area contributed by atoms with Crippen LogP contribution in [-0.4, -0.2) is 19.1 Å². The molecule has 0 bridgehead atoms. The molecule has 116 valence electrons. The van der Waals surface area contributed by atoms with Crippen molar-refractivity contribution in [2.24, 2.45) is 0 Å². The van der Waals surface area contributed by atoms with Gasteiger partial charge in [0, 0.05) is 6.54 Å². The van der Waals surface area contributed by atoms with Gasteiger partial charge in [-0.2, -0.15) is 0 Å². The SMILES string of the molecule is Cc1cccc(CCCNC(=O)COc2ccccc2C)c1. The van der Waals surface area contributed by atoms with Crippen molar-refractivity contribution >= 4 is 5.91 Å². The van der Waals surface area contributed by atoms with Crippen molar-refractivity contribution in [2.75, 3.05) is 13.2 Å². The molecule has 22 heavy (non-hydrogen) atoms. The number of benzene rings is 2. The number of para-hydroxylation sites is 1. The molecule has 1 N–H and O–H groups in total. The average molecular weight is 297 g/mol. The predicted octanol–water partition coefficient (Wildman–Crippen LogP) is 3.43. The molecule has 2 rings (SSSR count). The molecule has 2 aromatic rings. The number of carbonyl (C=O) groups is 1. The summed E-state index contributed by atoms with van der Waals surface area (Å²) >= 11 is 0. The zero-order valence-electron chi connectivity index (χ0n) is 13.3. The normalized spacial score (nSPS) is 10.3. The summed E-state index contributed by atoms with van der Waals surface area (Å²) in [7, 11) is 0. The quantitative estimate of drug-likeness (QED) is 0.795. The van der Waals surface area contributed by atoms with E-state index in [4.69, 9.17) is 4.74 Å². The summed E-state index contributed by atoms with van der Waals surface area (Å²) in [6.45, 7) is 4.79. The second kappa shape index (κ2) is 8.23. The van der Waals surface area contributed by atoms with Gasteiger partial charge in [0.1, 0.15) is 5.75 Å². The van der Waals surface area contributed by atoms with Gasteiger partial charge in [0.15, 0.2) is 6.61 Å². The Morgan fingerprint density at radius 3 is 2.68 bits per heavy atom. The molecule has 0 aliphatic rings. The van der Waals surface area contributed by atoms with Crippen LogP contribution >= 0.6 is 0 Å². The molecule has 1 amide bonds. The lowest BCUT2D eigenvalue weighted by Crippen LogP contribution is -2.30. The lowest BCUT2D eigenvalue weighted by atomic mass is 10.1. The highest BCUT2D eigenvalue weighted by Gasteiger charge is 2.04. The Labute approximate surface area is 132 Å². The second-order valence-electron chi connectivity index (χ2n) is 5.50. The van der Waals surface area contributed by atoms with Gasteiger partial charge in [0.25, 0.3) is 5.91 Å². The van der Waals surface area contributed by atoms with Crippen LogP contribution in [0.2, 0.25) is 0 Å². The smallest absolute Gasteiger partial charge is 0.257 e. The first-order valence-electron chi connectivity index (χ1n) is 7.66. The van der Waals surface area contributed by atoms with E-state index in [1.165, 1.54) is 11.1 Å². The zero-order chi connectivity index (χ0) is 15.8. The van der Waals surface area contributed by atoms with E-state index in [0.29, 0.717) is 6.54 Å². The van der Waals surface area contributed by atoms with Crippen LogP contribution in [-0.2, 0) is 11.2 Å². The molecule has 0 radical (unpaired) electrons. The van der Waals surface area contributed by atoms with E-state index < -0.39 is 0 Å². The molecule has 0 heterocycles. The standard InChI is InChI=1S/C19H23NO2/c1-15-7-5-9-17(13-15)10-6-12-20-19(21)14-22-18-11-4-3-8-16(18)2/h3-5,7-9,11,13H,6,10,12,14H2,1-2H3,(H,20,21). The Bertz CT molecular complexity index is 622. The Morgan fingerprint density at radius 1 is 1.09 bits per heavy atom. The number of nitrogens with one attached hydrogen (secondary N) is 1. The van der Waals surface area contributed by atoms with E-state index in [-0.39, 0.29) is 12.5 Å². The maximum Gasteiger partial charge on any atom is 0.257 e. The molecule has 0 aliphatic carbocycles. The molecule has 3 nitrogen and oxygen atoms in total. The van der Waals surface area contributed by atoms with Crippen LogP contribution in [0.4, 0.5) is 0 Å². The maximum atomic E-state index is 11.8. The predicted molar refractivity (Wildman–Crippen MR) is 89.2 cm³/mol. The summed E-state index contributed by atoms with van der Waals surface area (Å²) in [5, 5.41) is 2.89. The van der Waals surface area contributed by atoms with E-state index >= 15 is 0 Å². The van der Waals surface area contributed by atoms with Crippen LogP contribution in [0.5, 0.6) is 5.75 Å². The highest BCUT2D eigenvalue weighted by molar-refractivity contribution is 5.77. The Morgan fingerprint density at radius 2 is 1.91 bits per heavy atom.